The smallest absolute Gasteiger partial charge is 0.416 e. The molecule has 2 aromatic carbocycles. The largest absolute Gasteiger partial charge is 0.508 e. The van der Waals surface area contributed by atoms with Crippen LogP contribution in [-0.2, 0) is 11.8 Å². The third kappa shape index (κ3) is 2.28. The molecule has 0 saturated carbocycles. The third-order valence-electron chi connectivity index (χ3n) is 3.73. The van der Waals surface area contributed by atoms with E-state index in [2.05, 4.69) is 5.32 Å². The average molecular weight is 330 g/mol. The molecule has 0 bridgehead atoms. The maximum absolute atomic E-state index is 12.9. The van der Waals surface area contributed by atoms with E-state index in [1.807, 2.05) is 0 Å². The Labute approximate surface area is 129 Å². The number of nitrogens with one attached hydrogen (secondary N) is 1. The van der Waals surface area contributed by atoms with Crippen molar-refractivity contribution in [1.29, 1.82) is 0 Å². The summed E-state index contributed by atoms with van der Waals surface area (Å²) in [7, 11) is 0. The van der Waals surface area contributed by atoms with Crippen LogP contribution in [0.1, 0.15) is 16.7 Å². The van der Waals surface area contributed by atoms with Crippen molar-refractivity contribution in [2.45, 2.75) is 11.8 Å². The number of hydrogen-bond acceptors (Lipinski definition) is 3. The van der Waals surface area contributed by atoms with Crippen LogP contribution in [0.25, 0.3) is 0 Å². The highest BCUT2D eigenvalue weighted by atomic mass is 35.5. The zero-order valence-electron chi connectivity index (χ0n) is 11.1. The van der Waals surface area contributed by atoms with Gasteiger partial charge in [0.05, 0.1) is 12.1 Å². The SMILES string of the molecule is Oc1ccc(Cl)cc1C1(O)CNc2ccc(C(F)(F)F)cc21. The Morgan fingerprint density at radius 2 is 1.82 bits per heavy atom. The molecule has 0 spiro atoms. The molecule has 1 heterocycles. The quantitative estimate of drug-likeness (QED) is 0.747. The highest BCUT2D eigenvalue weighted by molar-refractivity contribution is 6.30. The standard InChI is InChI=1S/C15H11ClF3NO2/c16-9-2-4-13(21)11(6-9)14(22)7-20-12-3-1-8(5-10(12)14)15(17,18)19/h1-6,20-22H,7H2. The summed E-state index contributed by atoms with van der Waals surface area (Å²) in [5.74, 6) is -0.237. The molecule has 0 fully saturated rings. The van der Waals surface area contributed by atoms with Crippen molar-refractivity contribution in [3.63, 3.8) is 0 Å². The number of benzene rings is 2. The predicted octanol–water partition coefficient (Wildman–Crippen LogP) is 3.73. The molecule has 0 radical (unpaired) electrons. The number of halogens is 4. The first-order chi connectivity index (χ1) is 10.2. The number of phenols is 1. The predicted molar refractivity (Wildman–Crippen MR) is 76.0 cm³/mol. The summed E-state index contributed by atoms with van der Waals surface area (Å²) in [6.45, 7) is -0.0580. The molecule has 3 nitrogen and oxygen atoms in total. The molecular formula is C15H11ClF3NO2. The maximum atomic E-state index is 12.9. The van der Waals surface area contributed by atoms with Gasteiger partial charge < -0.3 is 15.5 Å². The number of alkyl halides is 3. The molecule has 0 amide bonds. The molecule has 0 aliphatic carbocycles. The summed E-state index contributed by atoms with van der Waals surface area (Å²) in [5.41, 5.74) is -2.15. The molecule has 0 saturated heterocycles. The molecule has 3 N–H and O–H groups in total. The van der Waals surface area contributed by atoms with Crippen molar-refractivity contribution in [1.82, 2.24) is 0 Å². The zero-order valence-corrected chi connectivity index (χ0v) is 11.8. The van der Waals surface area contributed by atoms with E-state index in [1.54, 1.807) is 0 Å². The summed E-state index contributed by atoms with van der Waals surface area (Å²) >= 11 is 5.87. The van der Waals surface area contributed by atoms with E-state index in [0.29, 0.717) is 5.69 Å². The second kappa shape index (κ2) is 4.79. The molecular weight excluding hydrogens is 319 g/mol. The van der Waals surface area contributed by atoms with Crippen molar-refractivity contribution < 1.29 is 23.4 Å². The van der Waals surface area contributed by atoms with Gasteiger partial charge in [-0.1, -0.05) is 11.6 Å². The lowest BCUT2D eigenvalue weighted by atomic mass is 9.86. The first-order valence-corrected chi connectivity index (χ1v) is 6.76. The van der Waals surface area contributed by atoms with Gasteiger partial charge in [-0.15, -0.1) is 0 Å². The molecule has 22 heavy (non-hydrogen) atoms. The van der Waals surface area contributed by atoms with Crippen LogP contribution in [0.4, 0.5) is 18.9 Å². The molecule has 3 rings (SSSR count). The summed E-state index contributed by atoms with van der Waals surface area (Å²) in [6.07, 6.45) is -4.52. The Bertz CT molecular complexity index is 748. The molecule has 1 atom stereocenters. The Morgan fingerprint density at radius 3 is 2.50 bits per heavy atom. The van der Waals surface area contributed by atoms with Gasteiger partial charge >= 0.3 is 6.18 Å². The van der Waals surface area contributed by atoms with Crippen molar-refractivity contribution in [3.8, 4) is 5.75 Å². The maximum Gasteiger partial charge on any atom is 0.416 e. The van der Waals surface area contributed by atoms with E-state index in [9.17, 15) is 23.4 Å². The Morgan fingerprint density at radius 1 is 1.09 bits per heavy atom. The third-order valence-corrected chi connectivity index (χ3v) is 3.97. The topological polar surface area (TPSA) is 52.5 Å². The average Bonchev–Trinajstić information content (AvgIpc) is 2.79. The van der Waals surface area contributed by atoms with Gasteiger partial charge in [-0.3, -0.25) is 0 Å². The molecule has 0 aromatic heterocycles. The minimum absolute atomic E-state index is 0.0555. The summed E-state index contributed by atoms with van der Waals surface area (Å²) in [4.78, 5) is 0. The number of rotatable bonds is 1. The van der Waals surface area contributed by atoms with Crippen molar-refractivity contribution in [2.24, 2.45) is 0 Å². The minimum Gasteiger partial charge on any atom is -0.508 e. The van der Waals surface area contributed by atoms with Crippen LogP contribution >= 0.6 is 11.6 Å². The van der Waals surface area contributed by atoms with Gasteiger partial charge in [0.15, 0.2) is 0 Å². The normalized spacial score (nSPS) is 20.6. The van der Waals surface area contributed by atoms with E-state index in [4.69, 9.17) is 11.6 Å². The van der Waals surface area contributed by atoms with Gasteiger partial charge in [-0.05, 0) is 36.4 Å². The lowest BCUT2D eigenvalue weighted by Crippen LogP contribution is -2.29. The van der Waals surface area contributed by atoms with E-state index in [1.165, 1.54) is 24.3 Å². The number of phenolic OH excluding ortho intramolecular Hbond substituents is 1. The highest BCUT2D eigenvalue weighted by Gasteiger charge is 2.42. The van der Waals surface area contributed by atoms with Crippen LogP contribution in [-0.4, -0.2) is 16.8 Å². The Balaban J connectivity index is 2.18. The van der Waals surface area contributed by atoms with E-state index >= 15 is 0 Å². The summed E-state index contributed by atoms with van der Waals surface area (Å²) in [5, 5.41) is 23.9. The number of fused-ring (bicyclic) bond motifs is 1. The highest BCUT2D eigenvalue weighted by Crippen LogP contribution is 2.45. The van der Waals surface area contributed by atoms with Crippen LogP contribution in [0, 0.1) is 0 Å². The molecule has 2 aromatic rings. The minimum atomic E-state index is -4.52. The van der Waals surface area contributed by atoms with Crippen LogP contribution in [0.15, 0.2) is 36.4 Å². The van der Waals surface area contributed by atoms with Crippen LogP contribution in [0.3, 0.4) is 0 Å². The second-order valence-corrected chi connectivity index (χ2v) is 5.57. The number of aliphatic hydroxyl groups is 1. The Kier molecular flexibility index (Phi) is 3.27. The molecule has 1 aliphatic heterocycles. The van der Waals surface area contributed by atoms with Gasteiger partial charge in [0.1, 0.15) is 11.4 Å². The van der Waals surface area contributed by atoms with E-state index < -0.39 is 17.3 Å². The lowest BCUT2D eigenvalue weighted by molar-refractivity contribution is -0.137. The fraction of sp³-hybridized carbons (Fsp3) is 0.200. The monoisotopic (exact) mass is 329 g/mol. The first-order valence-electron chi connectivity index (χ1n) is 6.39. The lowest BCUT2D eigenvalue weighted by Gasteiger charge is -2.25. The summed E-state index contributed by atoms with van der Waals surface area (Å²) < 4.78 is 38.6. The Hall–Kier alpha value is -1.92. The number of β-amino-alcohol motifs (C(OH)–C–C–N with tert-alkyl or cyclic N) is 1. The van der Waals surface area contributed by atoms with Gasteiger partial charge in [0, 0.05) is 21.8 Å². The molecule has 7 heteroatoms. The molecule has 1 unspecified atom stereocenters. The first kappa shape index (κ1) is 15.0. The van der Waals surface area contributed by atoms with Crippen LogP contribution in [0.2, 0.25) is 5.02 Å². The van der Waals surface area contributed by atoms with E-state index in [0.717, 1.165) is 12.1 Å². The molecule has 1 aliphatic rings. The van der Waals surface area contributed by atoms with Gasteiger partial charge in [-0.25, -0.2) is 0 Å². The van der Waals surface area contributed by atoms with Gasteiger partial charge in [0.2, 0.25) is 0 Å². The zero-order chi connectivity index (χ0) is 16.1. The number of anilines is 1. The van der Waals surface area contributed by atoms with E-state index in [-0.39, 0.29) is 28.4 Å². The van der Waals surface area contributed by atoms with Gasteiger partial charge in [0.25, 0.3) is 0 Å². The number of aromatic hydroxyl groups is 1. The fourth-order valence-corrected chi connectivity index (χ4v) is 2.79. The van der Waals surface area contributed by atoms with Crippen LogP contribution < -0.4 is 5.32 Å². The van der Waals surface area contributed by atoms with Crippen molar-refractivity contribution in [2.75, 3.05) is 11.9 Å². The van der Waals surface area contributed by atoms with Crippen molar-refractivity contribution in [3.05, 3.63) is 58.1 Å². The molecule has 116 valence electrons. The fourth-order valence-electron chi connectivity index (χ4n) is 2.62. The second-order valence-electron chi connectivity index (χ2n) is 5.13. The van der Waals surface area contributed by atoms with Gasteiger partial charge in [-0.2, -0.15) is 13.2 Å². The van der Waals surface area contributed by atoms with Crippen molar-refractivity contribution >= 4 is 17.3 Å². The number of hydrogen-bond donors (Lipinski definition) is 3. The van der Waals surface area contributed by atoms with Crippen LogP contribution in [0.5, 0.6) is 5.75 Å². The summed E-state index contributed by atoms with van der Waals surface area (Å²) in [6, 6.07) is 7.15.